The van der Waals surface area contributed by atoms with Gasteiger partial charge in [-0.25, -0.2) is 4.79 Å². The first-order chi connectivity index (χ1) is 13.3. The predicted molar refractivity (Wildman–Crippen MR) is 110 cm³/mol. The van der Waals surface area contributed by atoms with Crippen LogP contribution in [-0.4, -0.2) is 17.5 Å². The number of nitrogens with zero attached hydrogens (tertiary/aromatic N) is 1. The van der Waals surface area contributed by atoms with Gasteiger partial charge in [-0.15, -0.1) is 12.5 Å². The van der Waals surface area contributed by atoms with Gasteiger partial charge in [-0.2, -0.15) is 0 Å². The van der Waals surface area contributed by atoms with E-state index >= 15 is 0 Å². The number of benzene rings is 2. The minimum Gasteiger partial charge on any atom is -0.445 e. The molecule has 0 N–H and O–H groups in total. The minimum atomic E-state index is -0.391. The molecule has 0 spiro atoms. The Kier molecular flexibility index (Phi) is 8.73. The fraction of sp³-hybridized carbons (Fsp3) is 0.292. The first kappa shape index (κ1) is 20.3. The van der Waals surface area contributed by atoms with Crippen LogP contribution >= 0.6 is 0 Å². The molecular weight excluding hydrogens is 334 g/mol. The van der Waals surface area contributed by atoms with Crippen molar-refractivity contribution in [1.82, 2.24) is 4.90 Å². The predicted octanol–water partition coefficient (Wildman–Crippen LogP) is 5.75. The lowest BCUT2D eigenvalue weighted by Gasteiger charge is -2.27. The van der Waals surface area contributed by atoms with Crippen LogP contribution in [-0.2, 0) is 11.3 Å². The van der Waals surface area contributed by atoms with E-state index in [0.29, 0.717) is 6.54 Å². The number of hydrogen-bond donors (Lipinski definition) is 0. The van der Waals surface area contributed by atoms with Gasteiger partial charge in [0, 0.05) is 13.0 Å². The van der Waals surface area contributed by atoms with Gasteiger partial charge in [-0.1, -0.05) is 86.0 Å². The molecule has 0 fully saturated rings. The molecule has 0 saturated heterocycles. The Hall–Kier alpha value is -2.99. The standard InChI is InChI=1S/C24H27NO2/c1-3-5-6-13-18-23(22-16-11-8-12-17-22)25(19-4-2)24(26)27-20-21-14-9-7-10-15-21/h4,7-12,14-17,23H,2-3,5-6,19-20H2,1H3. The van der Waals surface area contributed by atoms with E-state index in [1.54, 1.807) is 11.0 Å². The molecule has 0 heterocycles. The average molecular weight is 361 g/mol. The number of unbranched alkanes of at least 4 members (excludes halogenated alkanes) is 2. The second-order valence-electron chi connectivity index (χ2n) is 6.22. The summed E-state index contributed by atoms with van der Waals surface area (Å²) in [4.78, 5) is 14.4. The smallest absolute Gasteiger partial charge is 0.411 e. The Morgan fingerprint density at radius 2 is 1.81 bits per heavy atom. The molecule has 0 saturated carbocycles. The van der Waals surface area contributed by atoms with Crippen molar-refractivity contribution >= 4 is 6.09 Å². The Bertz CT molecular complexity index is 759. The number of amides is 1. The second-order valence-corrected chi connectivity index (χ2v) is 6.22. The molecule has 0 aliphatic rings. The van der Waals surface area contributed by atoms with E-state index in [1.807, 2.05) is 60.7 Å². The first-order valence-electron chi connectivity index (χ1n) is 9.37. The highest BCUT2D eigenvalue weighted by molar-refractivity contribution is 5.69. The van der Waals surface area contributed by atoms with Crippen LogP contribution in [0.25, 0.3) is 0 Å². The van der Waals surface area contributed by atoms with E-state index in [1.165, 1.54) is 0 Å². The molecule has 1 unspecified atom stereocenters. The van der Waals surface area contributed by atoms with Crippen LogP contribution in [0.5, 0.6) is 0 Å². The van der Waals surface area contributed by atoms with Gasteiger partial charge in [0.05, 0.1) is 0 Å². The van der Waals surface area contributed by atoms with Gasteiger partial charge in [0.1, 0.15) is 12.6 Å². The zero-order valence-corrected chi connectivity index (χ0v) is 15.9. The number of carbonyl (C=O) groups excluding carboxylic acids is 1. The molecule has 140 valence electrons. The minimum absolute atomic E-state index is 0.234. The molecule has 0 bridgehead atoms. The summed E-state index contributed by atoms with van der Waals surface area (Å²) < 4.78 is 5.54. The molecule has 2 aromatic carbocycles. The van der Waals surface area contributed by atoms with E-state index < -0.39 is 6.09 Å². The third-order valence-corrected chi connectivity index (χ3v) is 4.09. The number of rotatable bonds is 8. The second kappa shape index (κ2) is 11.6. The SMILES string of the molecule is C=CCN(C(=O)OCc1ccccc1)C(C#CCCCC)c1ccccc1. The van der Waals surface area contributed by atoms with Crippen LogP contribution in [0, 0.1) is 11.8 Å². The van der Waals surface area contributed by atoms with Gasteiger partial charge in [0.25, 0.3) is 0 Å². The van der Waals surface area contributed by atoms with Crippen LogP contribution in [0.15, 0.2) is 73.3 Å². The summed E-state index contributed by atoms with van der Waals surface area (Å²) in [6.07, 6.45) is 4.28. The molecule has 2 aromatic rings. The van der Waals surface area contributed by atoms with Crippen LogP contribution in [0.1, 0.15) is 43.4 Å². The number of hydrogen-bond acceptors (Lipinski definition) is 2. The lowest BCUT2D eigenvalue weighted by Crippen LogP contribution is -2.35. The van der Waals surface area contributed by atoms with Crippen molar-refractivity contribution in [3.05, 3.63) is 84.4 Å². The molecule has 0 aliphatic heterocycles. The van der Waals surface area contributed by atoms with Crippen LogP contribution in [0.4, 0.5) is 4.79 Å². The topological polar surface area (TPSA) is 29.5 Å². The van der Waals surface area contributed by atoms with E-state index in [-0.39, 0.29) is 12.6 Å². The largest absolute Gasteiger partial charge is 0.445 e. The van der Waals surface area contributed by atoms with Gasteiger partial charge < -0.3 is 4.74 Å². The molecule has 1 amide bonds. The maximum Gasteiger partial charge on any atom is 0.411 e. The first-order valence-corrected chi connectivity index (χ1v) is 9.37. The fourth-order valence-electron chi connectivity index (χ4n) is 2.64. The maximum atomic E-state index is 12.8. The molecule has 0 radical (unpaired) electrons. The molecule has 0 aliphatic carbocycles. The lowest BCUT2D eigenvalue weighted by atomic mass is 10.1. The molecule has 1 atom stereocenters. The molecule has 27 heavy (non-hydrogen) atoms. The van der Waals surface area contributed by atoms with Crippen LogP contribution in [0.2, 0.25) is 0 Å². The van der Waals surface area contributed by atoms with Crippen molar-refractivity contribution in [2.45, 2.75) is 38.8 Å². The molecular formula is C24H27NO2. The zero-order valence-electron chi connectivity index (χ0n) is 15.9. The summed E-state index contributed by atoms with van der Waals surface area (Å²) in [7, 11) is 0. The Labute approximate surface area is 162 Å². The van der Waals surface area contributed by atoms with Gasteiger partial charge in [0.2, 0.25) is 0 Å². The van der Waals surface area contributed by atoms with Crippen molar-refractivity contribution in [3.63, 3.8) is 0 Å². The van der Waals surface area contributed by atoms with E-state index in [9.17, 15) is 4.79 Å². The van der Waals surface area contributed by atoms with Crippen molar-refractivity contribution in [2.24, 2.45) is 0 Å². The van der Waals surface area contributed by atoms with Gasteiger partial charge in [-0.05, 0) is 17.5 Å². The Balaban J connectivity index is 2.19. The Morgan fingerprint density at radius 3 is 2.44 bits per heavy atom. The highest BCUT2D eigenvalue weighted by Gasteiger charge is 2.24. The van der Waals surface area contributed by atoms with Crippen LogP contribution in [0.3, 0.4) is 0 Å². The monoisotopic (exact) mass is 361 g/mol. The van der Waals surface area contributed by atoms with Gasteiger partial charge in [0.15, 0.2) is 0 Å². The van der Waals surface area contributed by atoms with Crippen molar-refractivity contribution in [1.29, 1.82) is 0 Å². The Morgan fingerprint density at radius 1 is 1.15 bits per heavy atom. The molecule has 0 aromatic heterocycles. The average Bonchev–Trinajstić information content (AvgIpc) is 2.72. The molecule has 3 nitrogen and oxygen atoms in total. The van der Waals surface area contributed by atoms with E-state index in [4.69, 9.17) is 4.74 Å². The van der Waals surface area contributed by atoms with Crippen molar-refractivity contribution < 1.29 is 9.53 Å². The maximum absolute atomic E-state index is 12.8. The van der Waals surface area contributed by atoms with E-state index in [0.717, 1.165) is 30.4 Å². The lowest BCUT2D eigenvalue weighted by molar-refractivity contribution is 0.0929. The number of ether oxygens (including phenoxy) is 1. The highest BCUT2D eigenvalue weighted by Crippen LogP contribution is 2.21. The summed E-state index contributed by atoms with van der Waals surface area (Å²) in [5.74, 6) is 6.48. The quantitative estimate of drug-likeness (QED) is 0.340. The summed E-state index contributed by atoms with van der Waals surface area (Å²) in [6, 6.07) is 19.1. The summed E-state index contributed by atoms with van der Waals surface area (Å²) in [5, 5.41) is 0. The van der Waals surface area contributed by atoms with Crippen molar-refractivity contribution in [2.75, 3.05) is 6.54 Å². The number of carbonyl (C=O) groups is 1. The summed E-state index contributed by atoms with van der Waals surface area (Å²) in [5.41, 5.74) is 1.93. The summed E-state index contributed by atoms with van der Waals surface area (Å²) >= 11 is 0. The van der Waals surface area contributed by atoms with Gasteiger partial charge >= 0.3 is 6.09 Å². The van der Waals surface area contributed by atoms with Gasteiger partial charge in [-0.3, -0.25) is 4.90 Å². The third-order valence-electron chi connectivity index (χ3n) is 4.09. The summed E-state index contributed by atoms with van der Waals surface area (Å²) in [6.45, 7) is 6.53. The molecule has 2 rings (SSSR count). The molecule has 3 heteroatoms. The fourth-order valence-corrected chi connectivity index (χ4v) is 2.64. The highest BCUT2D eigenvalue weighted by atomic mass is 16.6. The third kappa shape index (κ3) is 6.67. The normalized spacial score (nSPS) is 11.0. The zero-order chi connectivity index (χ0) is 19.3. The van der Waals surface area contributed by atoms with Crippen molar-refractivity contribution in [3.8, 4) is 11.8 Å². The van der Waals surface area contributed by atoms with Crippen LogP contribution < -0.4 is 0 Å². The van der Waals surface area contributed by atoms with E-state index in [2.05, 4.69) is 25.3 Å².